The molecule has 0 spiro atoms. The van der Waals surface area contributed by atoms with Crippen LogP contribution in [-0.4, -0.2) is 39.7 Å². The highest BCUT2D eigenvalue weighted by Gasteiger charge is 2.36. The van der Waals surface area contributed by atoms with Crippen LogP contribution in [0.1, 0.15) is 12.0 Å². The van der Waals surface area contributed by atoms with Gasteiger partial charge in [0.2, 0.25) is 11.8 Å². The maximum absolute atomic E-state index is 12.8. The van der Waals surface area contributed by atoms with E-state index in [9.17, 15) is 9.59 Å². The molecule has 1 heterocycles. The van der Waals surface area contributed by atoms with Crippen molar-refractivity contribution in [3.8, 4) is 17.2 Å². The number of anilines is 2. The van der Waals surface area contributed by atoms with Crippen LogP contribution in [0, 0.1) is 12.8 Å². The predicted molar refractivity (Wildman–Crippen MR) is 106 cm³/mol. The van der Waals surface area contributed by atoms with E-state index in [0.717, 1.165) is 5.56 Å². The van der Waals surface area contributed by atoms with E-state index in [-0.39, 0.29) is 18.2 Å². The summed E-state index contributed by atoms with van der Waals surface area (Å²) in [7, 11) is 4.65. The molecular formula is C21H24N2O5. The fourth-order valence-corrected chi connectivity index (χ4v) is 3.26. The van der Waals surface area contributed by atoms with Gasteiger partial charge in [-0.2, -0.15) is 0 Å². The molecule has 28 heavy (non-hydrogen) atoms. The lowest BCUT2D eigenvalue weighted by molar-refractivity contribution is -0.122. The minimum Gasteiger partial charge on any atom is -0.497 e. The van der Waals surface area contributed by atoms with Gasteiger partial charge < -0.3 is 24.4 Å². The Morgan fingerprint density at radius 2 is 1.79 bits per heavy atom. The van der Waals surface area contributed by atoms with E-state index in [2.05, 4.69) is 5.32 Å². The van der Waals surface area contributed by atoms with Crippen molar-refractivity contribution in [3.63, 3.8) is 0 Å². The van der Waals surface area contributed by atoms with Crippen molar-refractivity contribution >= 4 is 23.2 Å². The van der Waals surface area contributed by atoms with Crippen molar-refractivity contribution < 1.29 is 23.8 Å². The Kier molecular flexibility index (Phi) is 5.73. The van der Waals surface area contributed by atoms with Crippen molar-refractivity contribution in [2.24, 2.45) is 5.92 Å². The summed E-state index contributed by atoms with van der Waals surface area (Å²) in [6.07, 6.45) is 0.140. The molecule has 2 aromatic carbocycles. The maximum atomic E-state index is 12.8. The molecule has 2 amide bonds. The molecule has 0 saturated carbocycles. The van der Waals surface area contributed by atoms with Crippen molar-refractivity contribution in [3.05, 3.63) is 42.0 Å². The topological polar surface area (TPSA) is 77.1 Å². The molecule has 1 N–H and O–H groups in total. The van der Waals surface area contributed by atoms with E-state index in [4.69, 9.17) is 14.2 Å². The smallest absolute Gasteiger partial charge is 0.229 e. The molecule has 1 saturated heterocycles. The van der Waals surface area contributed by atoms with Crippen molar-refractivity contribution in [1.29, 1.82) is 0 Å². The zero-order chi connectivity index (χ0) is 20.3. The summed E-state index contributed by atoms with van der Waals surface area (Å²) in [5.41, 5.74) is 2.23. The third-order valence-corrected chi connectivity index (χ3v) is 4.79. The van der Waals surface area contributed by atoms with Crippen LogP contribution in [0.4, 0.5) is 11.4 Å². The van der Waals surface area contributed by atoms with Crippen molar-refractivity contribution in [2.45, 2.75) is 13.3 Å². The average molecular weight is 384 g/mol. The largest absolute Gasteiger partial charge is 0.497 e. The number of hydrogen-bond donors (Lipinski definition) is 1. The summed E-state index contributed by atoms with van der Waals surface area (Å²) < 4.78 is 15.9. The molecule has 1 atom stereocenters. The number of carbonyl (C=O) groups is 2. The average Bonchev–Trinajstić information content (AvgIpc) is 3.09. The highest BCUT2D eigenvalue weighted by atomic mass is 16.5. The Morgan fingerprint density at radius 1 is 1.04 bits per heavy atom. The summed E-state index contributed by atoms with van der Waals surface area (Å²) in [4.78, 5) is 27.0. The zero-order valence-electron chi connectivity index (χ0n) is 16.4. The number of rotatable bonds is 6. The first-order valence-corrected chi connectivity index (χ1v) is 8.94. The van der Waals surface area contributed by atoms with E-state index in [0.29, 0.717) is 35.2 Å². The number of carbonyl (C=O) groups excluding carboxylic acids is 2. The van der Waals surface area contributed by atoms with Crippen molar-refractivity contribution in [1.82, 2.24) is 0 Å². The molecule has 1 aliphatic heterocycles. The van der Waals surface area contributed by atoms with Gasteiger partial charge in [-0.3, -0.25) is 9.59 Å². The maximum Gasteiger partial charge on any atom is 0.229 e. The Bertz CT molecular complexity index is 896. The number of benzene rings is 2. The number of amides is 2. The van der Waals surface area contributed by atoms with Gasteiger partial charge in [0, 0.05) is 19.0 Å². The van der Waals surface area contributed by atoms with E-state index in [1.54, 1.807) is 37.3 Å². The molecule has 1 unspecified atom stereocenters. The molecule has 148 valence electrons. The van der Waals surface area contributed by atoms with Gasteiger partial charge in [-0.15, -0.1) is 0 Å². The molecule has 0 aromatic heterocycles. The first-order chi connectivity index (χ1) is 13.5. The first kappa shape index (κ1) is 19.5. The van der Waals surface area contributed by atoms with Crippen LogP contribution in [0.5, 0.6) is 17.2 Å². The van der Waals surface area contributed by atoms with Crippen LogP contribution < -0.4 is 24.4 Å². The first-order valence-electron chi connectivity index (χ1n) is 8.94. The molecule has 0 bridgehead atoms. The quantitative estimate of drug-likeness (QED) is 0.828. The van der Waals surface area contributed by atoms with Gasteiger partial charge in [-0.25, -0.2) is 0 Å². The molecule has 0 radical (unpaired) electrons. The summed E-state index contributed by atoms with van der Waals surface area (Å²) in [6, 6.07) is 10.8. The van der Waals surface area contributed by atoms with Gasteiger partial charge in [0.25, 0.3) is 0 Å². The summed E-state index contributed by atoms with van der Waals surface area (Å²) in [6.45, 7) is 2.24. The Hall–Kier alpha value is -3.22. The van der Waals surface area contributed by atoms with Crippen molar-refractivity contribution in [2.75, 3.05) is 38.1 Å². The Balaban J connectivity index is 1.77. The monoisotopic (exact) mass is 384 g/mol. The van der Waals surface area contributed by atoms with Crippen LogP contribution >= 0.6 is 0 Å². The number of aryl methyl sites for hydroxylation is 1. The van der Waals surface area contributed by atoms with Crippen LogP contribution in [-0.2, 0) is 9.59 Å². The van der Waals surface area contributed by atoms with E-state index in [1.165, 1.54) is 7.11 Å². The van der Waals surface area contributed by atoms with Gasteiger partial charge in [0.1, 0.15) is 17.2 Å². The fraction of sp³-hybridized carbons (Fsp3) is 0.333. The van der Waals surface area contributed by atoms with Crippen LogP contribution in [0.2, 0.25) is 0 Å². The second-order valence-corrected chi connectivity index (χ2v) is 6.64. The van der Waals surface area contributed by atoms with Crippen LogP contribution in [0.25, 0.3) is 0 Å². The summed E-state index contributed by atoms with van der Waals surface area (Å²) in [5, 5.41) is 2.86. The SMILES string of the molecule is COc1ccc(NC(=O)C2CC(=O)N(c3cc(C)ccc3OC)C2)c(OC)c1. The normalized spacial score (nSPS) is 16.1. The third-order valence-electron chi connectivity index (χ3n) is 4.79. The molecule has 2 aromatic rings. The van der Waals surface area contributed by atoms with Gasteiger partial charge in [0.15, 0.2) is 0 Å². The van der Waals surface area contributed by atoms with Gasteiger partial charge in [0.05, 0.1) is 38.6 Å². The lowest BCUT2D eigenvalue weighted by Crippen LogP contribution is -2.28. The lowest BCUT2D eigenvalue weighted by Gasteiger charge is -2.20. The summed E-state index contributed by atoms with van der Waals surface area (Å²) >= 11 is 0. The molecule has 1 fully saturated rings. The molecule has 1 aliphatic rings. The van der Waals surface area contributed by atoms with E-state index < -0.39 is 5.92 Å². The molecular weight excluding hydrogens is 360 g/mol. The predicted octanol–water partition coefficient (Wildman–Crippen LogP) is 3.01. The highest BCUT2D eigenvalue weighted by molar-refractivity contribution is 6.04. The van der Waals surface area contributed by atoms with Gasteiger partial charge in [-0.05, 0) is 36.8 Å². The molecule has 7 heteroatoms. The van der Waals surface area contributed by atoms with Gasteiger partial charge >= 0.3 is 0 Å². The van der Waals surface area contributed by atoms with Gasteiger partial charge in [-0.1, -0.05) is 6.07 Å². The minimum atomic E-state index is -0.468. The number of methoxy groups -OCH3 is 3. The lowest BCUT2D eigenvalue weighted by atomic mass is 10.1. The van der Waals surface area contributed by atoms with Crippen LogP contribution in [0.15, 0.2) is 36.4 Å². The molecule has 7 nitrogen and oxygen atoms in total. The van der Waals surface area contributed by atoms with Crippen LogP contribution in [0.3, 0.4) is 0 Å². The minimum absolute atomic E-state index is 0.106. The number of hydrogen-bond acceptors (Lipinski definition) is 5. The summed E-state index contributed by atoms with van der Waals surface area (Å²) in [5.74, 6) is 0.927. The Labute approximate surface area is 164 Å². The second kappa shape index (κ2) is 8.21. The standard InChI is InChI=1S/C21H24N2O5/c1-13-5-8-18(27-3)17(9-13)23-12-14(10-20(23)24)21(25)22-16-7-6-15(26-2)11-19(16)28-4/h5-9,11,14H,10,12H2,1-4H3,(H,22,25). The fourth-order valence-electron chi connectivity index (χ4n) is 3.26. The highest BCUT2D eigenvalue weighted by Crippen LogP contribution is 2.35. The second-order valence-electron chi connectivity index (χ2n) is 6.64. The molecule has 3 rings (SSSR count). The van der Waals surface area contributed by atoms with E-state index in [1.807, 2.05) is 25.1 Å². The zero-order valence-corrected chi connectivity index (χ0v) is 16.4. The third kappa shape index (κ3) is 3.88. The molecule has 0 aliphatic carbocycles. The van der Waals surface area contributed by atoms with E-state index >= 15 is 0 Å². The Morgan fingerprint density at radius 3 is 2.46 bits per heavy atom. The number of ether oxygens (including phenoxy) is 3. The number of nitrogens with zero attached hydrogens (tertiary/aromatic N) is 1. The number of nitrogens with one attached hydrogen (secondary N) is 1.